The van der Waals surface area contributed by atoms with E-state index in [1.54, 1.807) is 0 Å². The van der Waals surface area contributed by atoms with Gasteiger partial charge in [0.2, 0.25) is 0 Å². The average molecular weight is 376 g/mol. The van der Waals surface area contributed by atoms with E-state index in [-0.39, 0.29) is 0 Å². The Morgan fingerprint density at radius 2 is 0.964 bits per heavy atom. The van der Waals surface area contributed by atoms with Gasteiger partial charge in [-0.2, -0.15) is 0 Å². The van der Waals surface area contributed by atoms with E-state index in [1.165, 1.54) is 22.5 Å². The molecule has 0 saturated heterocycles. The molecule has 0 fully saturated rings. The molecule has 0 atom stereocenters. The highest BCUT2D eigenvalue weighted by Crippen LogP contribution is 2.37. The van der Waals surface area contributed by atoms with Gasteiger partial charge in [-0.05, 0) is 49.5 Å². The highest BCUT2D eigenvalue weighted by atomic mass is 15.1. The van der Waals surface area contributed by atoms with Crippen molar-refractivity contribution in [1.82, 2.24) is 4.90 Å². The molecule has 0 unspecified atom stereocenters. The Morgan fingerprint density at radius 3 is 1.29 bits per heavy atom. The molecule has 3 nitrogen and oxygen atoms in total. The van der Waals surface area contributed by atoms with Gasteiger partial charge in [-0.1, -0.05) is 48.6 Å². The fraction of sp³-hybridized carbons (Fsp3) is 0.360. The minimum absolute atomic E-state index is 0.308. The molecule has 0 amide bonds. The zero-order chi connectivity index (χ0) is 20.3. The van der Waals surface area contributed by atoms with Crippen LogP contribution in [0, 0.1) is 5.92 Å². The summed E-state index contributed by atoms with van der Waals surface area (Å²) >= 11 is 0. The van der Waals surface area contributed by atoms with Crippen LogP contribution >= 0.6 is 0 Å². The van der Waals surface area contributed by atoms with Crippen LogP contribution in [-0.4, -0.2) is 53.2 Å². The van der Waals surface area contributed by atoms with Crippen LogP contribution in [0.25, 0.3) is 0 Å². The van der Waals surface area contributed by atoms with Crippen LogP contribution in [0.3, 0.4) is 0 Å². The van der Waals surface area contributed by atoms with Crippen LogP contribution in [0.15, 0.2) is 72.8 Å². The number of hydrogen-bond donors (Lipinski definition) is 0. The predicted molar refractivity (Wildman–Crippen MR) is 123 cm³/mol. The summed E-state index contributed by atoms with van der Waals surface area (Å²) in [5.74, 6) is 0.662. The van der Waals surface area contributed by atoms with Gasteiger partial charge in [-0.15, -0.1) is 0 Å². The summed E-state index contributed by atoms with van der Waals surface area (Å²) in [7, 11) is 12.6. The molecule has 0 heterocycles. The lowest BCUT2D eigenvalue weighted by molar-refractivity contribution is 0.385. The third-order valence-electron chi connectivity index (χ3n) is 5.58. The second-order valence-corrected chi connectivity index (χ2v) is 8.25. The fourth-order valence-corrected chi connectivity index (χ4v) is 3.78. The number of likely N-dealkylation sites (N-methyl/N-ethyl adjacent to an activating group) is 1. The van der Waals surface area contributed by atoms with Crippen molar-refractivity contribution in [2.75, 3.05) is 52.1 Å². The lowest BCUT2D eigenvalue weighted by Crippen LogP contribution is -2.26. The summed E-state index contributed by atoms with van der Waals surface area (Å²) in [4.78, 5) is 6.52. The van der Waals surface area contributed by atoms with E-state index in [0.29, 0.717) is 17.9 Å². The van der Waals surface area contributed by atoms with Crippen molar-refractivity contribution >= 4 is 11.4 Å². The number of rotatable bonds is 6. The standard InChI is InChI=1S/C25H33N3/c1-26(2)22-13-7-19(8-14-22)25(20-9-15-23(16-10-20)27(3)4)21-11-17-24(18-12-21)28(5)6/h7-19,22,25H,1-6H3. The lowest BCUT2D eigenvalue weighted by atomic mass is 9.78. The minimum atomic E-state index is 0.308. The topological polar surface area (TPSA) is 9.72 Å². The van der Waals surface area contributed by atoms with Crippen LogP contribution in [0.5, 0.6) is 0 Å². The Labute approximate surface area is 170 Å². The maximum Gasteiger partial charge on any atom is 0.0456 e. The van der Waals surface area contributed by atoms with E-state index < -0.39 is 0 Å². The summed E-state index contributed by atoms with van der Waals surface area (Å²) in [6.07, 6.45) is 9.38. The third-order valence-corrected chi connectivity index (χ3v) is 5.58. The smallest absolute Gasteiger partial charge is 0.0456 e. The first-order valence-electron chi connectivity index (χ1n) is 9.94. The molecule has 1 aliphatic rings. The Balaban J connectivity index is 1.97. The summed E-state index contributed by atoms with van der Waals surface area (Å²) in [6.45, 7) is 0. The molecule has 148 valence electrons. The SMILES string of the molecule is CN(C)c1ccc(C(c2ccc(N(C)C)cc2)C2C=CC(N(C)C)C=C2)cc1. The first-order valence-corrected chi connectivity index (χ1v) is 9.94. The fourth-order valence-electron chi connectivity index (χ4n) is 3.78. The molecule has 3 rings (SSSR count). The van der Waals surface area contributed by atoms with Gasteiger partial charge in [0.1, 0.15) is 0 Å². The molecule has 0 aromatic heterocycles. The van der Waals surface area contributed by atoms with Crippen molar-refractivity contribution in [3.63, 3.8) is 0 Å². The van der Waals surface area contributed by atoms with Crippen LogP contribution < -0.4 is 9.80 Å². The van der Waals surface area contributed by atoms with Crippen LogP contribution in [0.2, 0.25) is 0 Å². The zero-order valence-corrected chi connectivity index (χ0v) is 18.0. The van der Waals surface area contributed by atoms with Crippen molar-refractivity contribution in [3.05, 3.63) is 84.0 Å². The summed E-state index contributed by atoms with van der Waals surface area (Å²) in [5.41, 5.74) is 5.16. The molecular weight excluding hydrogens is 342 g/mol. The van der Waals surface area contributed by atoms with Gasteiger partial charge in [-0.3, -0.25) is 4.90 Å². The number of nitrogens with zero attached hydrogens (tertiary/aromatic N) is 3. The first-order chi connectivity index (χ1) is 13.4. The van der Waals surface area contributed by atoms with Crippen molar-refractivity contribution < 1.29 is 0 Å². The van der Waals surface area contributed by atoms with Gasteiger partial charge in [0.05, 0.1) is 0 Å². The highest BCUT2D eigenvalue weighted by molar-refractivity contribution is 5.51. The van der Waals surface area contributed by atoms with E-state index in [1.807, 2.05) is 0 Å². The number of hydrogen-bond acceptors (Lipinski definition) is 3. The molecule has 0 radical (unpaired) electrons. The van der Waals surface area contributed by atoms with Crippen LogP contribution in [-0.2, 0) is 0 Å². The lowest BCUT2D eigenvalue weighted by Gasteiger charge is -2.29. The van der Waals surface area contributed by atoms with Crippen LogP contribution in [0.1, 0.15) is 17.0 Å². The molecule has 28 heavy (non-hydrogen) atoms. The highest BCUT2D eigenvalue weighted by Gasteiger charge is 2.24. The van der Waals surface area contributed by atoms with Gasteiger partial charge >= 0.3 is 0 Å². The molecule has 0 saturated carbocycles. The van der Waals surface area contributed by atoms with Gasteiger partial charge in [-0.25, -0.2) is 0 Å². The largest absolute Gasteiger partial charge is 0.378 e. The number of allylic oxidation sites excluding steroid dienone is 2. The minimum Gasteiger partial charge on any atom is -0.378 e. The monoisotopic (exact) mass is 375 g/mol. The van der Waals surface area contributed by atoms with E-state index >= 15 is 0 Å². The quantitative estimate of drug-likeness (QED) is 0.682. The summed E-state index contributed by atoms with van der Waals surface area (Å²) in [5, 5.41) is 0. The van der Waals surface area contributed by atoms with Gasteiger partial charge in [0, 0.05) is 57.4 Å². The Bertz CT molecular complexity index is 748. The molecule has 2 aromatic rings. The van der Waals surface area contributed by atoms with Crippen molar-refractivity contribution in [1.29, 1.82) is 0 Å². The Morgan fingerprint density at radius 1 is 0.571 bits per heavy atom. The van der Waals surface area contributed by atoms with Crippen molar-refractivity contribution in [2.24, 2.45) is 5.92 Å². The van der Waals surface area contributed by atoms with Gasteiger partial charge in [0.25, 0.3) is 0 Å². The van der Waals surface area contributed by atoms with E-state index in [0.717, 1.165) is 0 Å². The number of anilines is 2. The average Bonchev–Trinajstić information content (AvgIpc) is 2.69. The van der Waals surface area contributed by atoms with Gasteiger partial charge < -0.3 is 9.80 Å². The molecular formula is C25H33N3. The Hall–Kier alpha value is -2.52. The van der Waals surface area contributed by atoms with E-state index in [4.69, 9.17) is 0 Å². The maximum absolute atomic E-state index is 2.37. The second kappa shape index (κ2) is 8.66. The van der Waals surface area contributed by atoms with Crippen molar-refractivity contribution in [3.8, 4) is 0 Å². The van der Waals surface area contributed by atoms with E-state index in [2.05, 4.69) is 130 Å². The summed E-state index contributed by atoms with van der Waals surface area (Å²) < 4.78 is 0. The van der Waals surface area contributed by atoms with Gasteiger partial charge in [0.15, 0.2) is 0 Å². The normalized spacial score (nSPS) is 18.7. The molecule has 0 N–H and O–H groups in total. The molecule has 2 aromatic carbocycles. The molecule has 1 aliphatic carbocycles. The number of benzene rings is 2. The molecule has 0 aliphatic heterocycles. The molecule has 3 heteroatoms. The maximum atomic E-state index is 2.37. The Kier molecular flexibility index (Phi) is 6.25. The predicted octanol–water partition coefficient (Wildman–Crippen LogP) is 4.62. The first kappa shape index (κ1) is 20.2. The zero-order valence-electron chi connectivity index (χ0n) is 18.0. The molecule has 0 spiro atoms. The third kappa shape index (κ3) is 4.48. The molecule has 0 bridgehead atoms. The second-order valence-electron chi connectivity index (χ2n) is 8.25. The summed E-state index contributed by atoms with van der Waals surface area (Å²) in [6, 6.07) is 18.4. The van der Waals surface area contributed by atoms with Crippen LogP contribution in [0.4, 0.5) is 11.4 Å². The van der Waals surface area contributed by atoms with E-state index in [9.17, 15) is 0 Å². The van der Waals surface area contributed by atoms with Crippen molar-refractivity contribution in [2.45, 2.75) is 12.0 Å².